The number of esters is 2. The lowest BCUT2D eigenvalue weighted by atomic mass is 10.1. The Balaban J connectivity index is 2.07. The molecule has 0 fully saturated rings. The third-order valence-electron chi connectivity index (χ3n) is 4.27. The average molecular weight is 476 g/mol. The lowest BCUT2D eigenvalue weighted by Crippen LogP contribution is -2.46. The molecule has 0 heterocycles. The summed E-state index contributed by atoms with van der Waals surface area (Å²) in [5.41, 5.74) is -0.0404. The first kappa shape index (κ1) is 25.4. The monoisotopic (exact) mass is 476 g/mol. The fourth-order valence-corrected chi connectivity index (χ4v) is 2.65. The molecule has 2 aromatic carbocycles. The quantitative estimate of drug-likeness (QED) is 0.266. The van der Waals surface area contributed by atoms with Gasteiger partial charge in [0, 0.05) is 24.3 Å². The lowest BCUT2D eigenvalue weighted by Gasteiger charge is -2.21. The largest absolute Gasteiger partial charge is 0.478 e. The summed E-state index contributed by atoms with van der Waals surface area (Å²) in [5.74, 6) is -6.15. The fourth-order valence-electron chi connectivity index (χ4n) is 2.65. The van der Waals surface area contributed by atoms with Crippen LogP contribution in [0.2, 0.25) is 0 Å². The van der Waals surface area contributed by atoms with Crippen molar-refractivity contribution in [2.45, 2.75) is 25.0 Å². The number of nitro benzene ring substituents is 2. The summed E-state index contributed by atoms with van der Waals surface area (Å²) in [5, 5.41) is 40.0. The van der Waals surface area contributed by atoms with E-state index in [2.05, 4.69) is 0 Å². The predicted molar refractivity (Wildman–Crippen MR) is 109 cm³/mol. The molecule has 2 atom stereocenters. The molecule has 178 valence electrons. The molecule has 0 amide bonds. The Kier molecular flexibility index (Phi) is 8.30. The molecule has 0 saturated carbocycles. The number of rotatable bonds is 11. The van der Waals surface area contributed by atoms with Crippen LogP contribution in [0.4, 0.5) is 11.4 Å². The van der Waals surface area contributed by atoms with Gasteiger partial charge in [0.25, 0.3) is 11.4 Å². The van der Waals surface area contributed by atoms with Gasteiger partial charge in [0.15, 0.2) is 0 Å². The number of carbonyl (C=O) groups is 4. The van der Waals surface area contributed by atoms with Gasteiger partial charge in [-0.2, -0.15) is 0 Å². The molecule has 2 rings (SSSR count). The highest BCUT2D eigenvalue weighted by Crippen LogP contribution is 2.16. The van der Waals surface area contributed by atoms with Crippen LogP contribution in [0.3, 0.4) is 0 Å². The number of nitrogens with zero attached hydrogens (tertiary/aromatic N) is 2. The minimum Gasteiger partial charge on any atom is -0.478 e. The topological polar surface area (TPSA) is 213 Å². The Hall–Kier alpha value is -4.88. The molecule has 2 N–H and O–H groups in total. The van der Waals surface area contributed by atoms with Crippen molar-refractivity contribution < 1.29 is 48.7 Å². The Morgan fingerprint density at radius 1 is 0.676 bits per heavy atom. The van der Waals surface area contributed by atoms with E-state index in [-0.39, 0.29) is 22.5 Å². The van der Waals surface area contributed by atoms with E-state index in [0.717, 1.165) is 24.3 Å². The maximum atomic E-state index is 12.1. The third-order valence-corrected chi connectivity index (χ3v) is 4.27. The van der Waals surface area contributed by atoms with Crippen LogP contribution in [-0.4, -0.2) is 56.1 Å². The van der Waals surface area contributed by atoms with Gasteiger partial charge in [0.1, 0.15) is 0 Å². The summed E-state index contributed by atoms with van der Waals surface area (Å²) < 4.78 is 9.41. The van der Waals surface area contributed by atoms with Crippen LogP contribution in [0.5, 0.6) is 0 Å². The van der Waals surface area contributed by atoms with Gasteiger partial charge in [0.2, 0.25) is 12.2 Å². The smallest absolute Gasteiger partial charge is 0.349 e. The van der Waals surface area contributed by atoms with Crippen molar-refractivity contribution in [3.63, 3.8) is 0 Å². The first-order chi connectivity index (χ1) is 16.0. The maximum absolute atomic E-state index is 12.1. The zero-order valence-electron chi connectivity index (χ0n) is 17.1. The normalized spacial score (nSPS) is 12.1. The Morgan fingerprint density at radius 3 is 1.21 bits per heavy atom. The minimum absolute atomic E-state index is 0.224. The second kappa shape index (κ2) is 11.1. The Morgan fingerprint density at radius 2 is 0.971 bits per heavy atom. The molecular weight excluding hydrogens is 460 g/mol. The van der Waals surface area contributed by atoms with Crippen LogP contribution in [-0.2, 0) is 41.5 Å². The van der Waals surface area contributed by atoms with Gasteiger partial charge in [-0.1, -0.05) is 24.3 Å². The number of hydrogen-bond acceptors (Lipinski definition) is 10. The minimum atomic E-state index is -2.39. The molecule has 0 spiro atoms. The third kappa shape index (κ3) is 7.08. The van der Waals surface area contributed by atoms with Crippen LogP contribution in [0.25, 0.3) is 0 Å². The van der Waals surface area contributed by atoms with Gasteiger partial charge in [-0.3, -0.25) is 29.8 Å². The Bertz CT molecular complexity index is 1020. The highest BCUT2D eigenvalue weighted by Gasteiger charge is 2.40. The van der Waals surface area contributed by atoms with E-state index in [1.807, 2.05) is 0 Å². The summed E-state index contributed by atoms with van der Waals surface area (Å²) in [7, 11) is 0. The maximum Gasteiger partial charge on any atom is 0.349 e. The highest BCUT2D eigenvalue weighted by atomic mass is 16.6. The first-order valence-electron chi connectivity index (χ1n) is 9.29. The molecule has 34 heavy (non-hydrogen) atoms. The summed E-state index contributed by atoms with van der Waals surface area (Å²) >= 11 is 0. The van der Waals surface area contributed by atoms with Crippen molar-refractivity contribution in [2.75, 3.05) is 0 Å². The van der Waals surface area contributed by atoms with E-state index in [0.29, 0.717) is 0 Å². The molecule has 14 nitrogen and oxygen atoms in total. The second-order valence-corrected chi connectivity index (χ2v) is 6.70. The van der Waals surface area contributed by atoms with E-state index < -0.39 is 58.8 Å². The number of hydrogen-bond donors (Lipinski definition) is 2. The van der Waals surface area contributed by atoms with Crippen molar-refractivity contribution in [3.05, 3.63) is 79.9 Å². The van der Waals surface area contributed by atoms with E-state index in [9.17, 15) is 49.6 Å². The number of ether oxygens (including phenoxy) is 2. The number of benzene rings is 2. The average Bonchev–Trinajstić information content (AvgIpc) is 2.76. The van der Waals surface area contributed by atoms with Crippen LogP contribution in [0, 0.1) is 20.2 Å². The van der Waals surface area contributed by atoms with Crippen LogP contribution >= 0.6 is 0 Å². The van der Waals surface area contributed by atoms with Gasteiger partial charge in [-0.25, -0.2) is 9.59 Å². The van der Waals surface area contributed by atoms with Crippen LogP contribution in [0.15, 0.2) is 48.5 Å². The van der Waals surface area contributed by atoms with Crippen LogP contribution in [0.1, 0.15) is 11.1 Å². The molecule has 0 aromatic heterocycles. The molecule has 0 saturated heterocycles. The van der Waals surface area contributed by atoms with E-state index in [4.69, 9.17) is 9.47 Å². The predicted octanol–water partition coefficient (Wildman–Crippen LogP) is 1.28. The molecule has 0 aliphatic heterocycles. The summed E-state index contributed by atoms with van der Waals surface area (Å²) in [4.78, 5) is 67.3. The highest BCUT2D eigenvalue weighted by molar-refractivity contribution is 5.88. The molecule has 0 aliphatic rings. The standard InChI is InChI=1S/C20H16N2O12/c23-15(9-11-1-5-13(6-2-11)21(29)30)33-17(19(25)26)18(20(27)28)34-16(24)10-12-3-7-14(8-4-12)22(31)32/h1-8,17-18H,9-10H2,(H,25,26)(H,27,28)/t17-,18-/m1/s1. The molecule has 2 aromatic rings. The van der Waals surface area contributed by atoms with E-state index >= 15 is 0 Å². The van der Waals surface area contributed by atoms with E-state index in [1.54, 1.807) is 0 Å². The number of nitro groups is 2. The van der Waals surface area contributed by atoms with Crippen LogP contribution < -0.4 is 0 Å². The SMILES string of the molecule is O=C(Cc1ccc([N+](=O)[O-])cc1)O[C@@H](C(=O)O)[C@@H](OC(=O)Cc1ccc([N+](=O)[O-])cc1)C(=O)O. The van der Waals surface area contributed by atoms with Crippen molar-refractivity contribution in [1.82, 2.24) is 0 Å². The molecule has 0 radical (unpaired) electrons. The number of carbonyl (C=O) groups excluding carboxylic acids is 2. The fraction of sp³-hybridized carbons (Fsp3) is 0.200. The van der Waals surface area contributed by atoms with Gasteiger partial charge in [-0.15, -0.1) is 0 Å². The van der Waals surface area contributed by atoms with Gasteiger partial charge in [-0.05, 0) is 11.1 Å². The molecule has 0 unspecified atom stereocenters. The summed E-state index contributed by atoms with van der Waals surface area (Å²) in [6, 6.07) is 9.35. The molecular formula is C20H16N2O12. The first-order valence-corrected chi connectivity index (χ1v) is 9.29. The van der Waals surface area contributed by atoms with E-state index in [1.165, 1.54) is 24.3 Å². The molecule has 0 bridgehead atoms. The van der Waals surface area contributed by atoms with Gasteiger partial charge in [0.05, 0.1) is 22.7 Å². The summed E-state index contributed by atoms with van der Waals surface area (Å²) in [6.45, 7) is 0. The zero-order chi connectivity index (χ0) is 25.4. The van der Waals surface area contributed by atoms with Gasteiger partial charge < -0.3 is 19.7 Å². The number of carboxylic acid groups (broad SMARTS) is 2. The van der Waals surface area contributed by atoms with Gasteiger partial charge >= 0.3 is 23.9 Å². The lowest BCUT2D eigenvalue weighted by molar-refractivity contribution is -0.385. The number of aliphatic carboxylic acids is 2. The summed E-state index contributed by atoms with van der Waals surface area (Å²) in [6.07, 6.45) is -5.84. The number of non-ortho nitro benzene ring substituents is 2. The number of carboxylic acids is 2. The van der Waals surface area contributed by atoms with Crippen molar-refractivity contribution in [2.24, 2.45) is 0 Å². The van der Waals surface area contributed by atoms with Crippen molar-refractivity contribution in [1.29, 1.82) is 0 Å². The Labute approximate surface area is 189 Å². The van der Waals surface area contributed by atoms with Crippen molar-refractivity contribution >= 4 is 35.3 Å². The van der Waals surface area contributed by atoms with Crippen molar-refractivity contribution in [3.8, 4) is 0 Å². The second-order valence-electron chi connectivity index (χ2n) is 6.70. The molecule has 0 aliphatic carbocycles. The zero-order valence-corrected chi connectivity index (χ0v) is 17.1. The molecule has 14 heteroatoms.